The van der Waals surface area contributed by atoms with Gasteiger partial charge in [-0.3, -0.25) is 4.79 Å². The highest BCUT2D eigenvalue weighted by atomic mass is 32.1. The number of thiazole rings is 1. The molecule has 2 aromatic rings. The molecule has 7 heteroatoms. The summed E-state index contributed by atoms with van der Waals surface area (Å²) in [6.07, 6.45) is 0.639. The standard InChI is InChI=1S/C16H18N2O4S/c1-10-14(15(19)18-12(9-22-2)16(20)21)23-13(17-10)8-11-6-4-3-5-7-11/h3-7,12H,8-9H2,1-2H3,(H,18,19)(H,20,21). The summed E-state index contributed by atoms with van der Waals surface area (Å²) in [6.45, 7) is 1.65. The highest BCUT2D eigenvalue weighted by Crippen LogP contribution is 2.21. The number of hydrogen-bond acceptors (Lipinski definition) is 5. The number of rotatable bonds is 7. The van der Waals surface area contributed by atoms with E-state index in [0.29, 0.717) is 17.0 Å². The Balaban J connectivity index is 2.10. The first-order valence-corrected chi connectivity index (χ1v) is 7.85. The van der Waals surface area contributed by atoms with Crippen molar-refractivity contribution in [1.29, 1.82) is 0 Å². The third-order valence-electron chi connectivity index (χ3n) is 3.18. The van der Waals surface area contributed by atoms with Crippen LogP contribution in [-0.4, -0.2) is 41.7 Å². The second-order valence-corrected chi connectivity index (χ2v) is 6.09. The Morgan fingerprint density at radius 1 is 1.35 bits per heavy atom. The highest BCUT2D eigenvalue weighted by molar-refractivity contribution is 7.13. The summed E-state index contributed by atoms with van der Waals surface area (Å²) in [5, 5.41) is 12.3. The molecule has 0 aliphatic rings. The molecule has 0 fully saturated rings. The Kier molecular flexibility index (Phi) is 5.84. The van der Waals surface area contributed by atoms with Gasteiger partial charge in [-0.1, -0.05) is 30.3 Å². The van der Waals surface area contributed by atoms with Gasteiger partial charge in [0.1, 0.15) is 4.88 Å². The topological polar surface area (TPSA) is 88.5 Å². The quantitative estimate of drug-likeness (QED) is 0.807. The zero-order chi connectivity index (χ0) is 16.8. The number of carboxylic acids is 1. The first-order chi connectivity index (χ1) is 11.0. The molecule has 1 aromatic heterocycles. The number of carbonyl (C=O) groups is 2. The molecule has 1 heterocycles. The van der Waals surface area contributed by atoms with Crippen molar-refractivity contribution < 1.29 is 19.4 Å². The van der Waals surface area contributed by atoms with Crippen molar-refractivity contribution in [3.63, 3.8) is 0 Å². The van der Waals surface area contributed by atoms with Gasteiger partial charge in [0.05, 0.1) is 17.3 Å². The molecule has 0 saturated carbocycles. The second kappa shape index (κ2) is 7.85. The molecule has 1 aromatic carbocycles. The normalized spacial score (nSPS) is 11.9. The fourth-order valence-electron chi connectivity index (χ4n) is 2.07. The maximum atomic E-state index is 12.3. The van der Waals surface area contributed by atoms with Crippen LogP contribution in [0.2, 0.25) is 0 Å². The summed E-state index contributed by atoms with van der Waals surface area (Å²) < 4.78 is 4.81. The number of carboxylic acid groups (broad SMARTS) is 1. The van der Waals surface area contributed by atoms with E-state index in [1.807, 2.05) is 30.3 Å². The number of hydrogen-bond donors (Lipinski definition) is 2. The lowest BCUT2D eigenvalue weighted by molar-refractivity contribution is -0.140. The third-order valence-corrected chi connectivity index (χ3v) is 4.34. The van der Waals surface area contributed by atoms with Crippen molar-refractivity contribution in [2.45, 2.75) is 19.4 Å². The Hall–Kier alpha value is -2.25. The van der Waals surface area contributed by atoms with E-state index in [1.165, 1.54) is 18.4 Å². The van der Waals surface area contributed by atoms with Crippen molar-refractivity contribution in [3.05, 3.63) is 51.5 Å². The van der Waals surface area contributed by atoms with Gasteiger partial charge in [0, 0.05) is 13.5 Å². The molecule has 2 N–H and O–H groups in total. The minimum absolute atomic E-state index is 0.0875. The van der Waals surface area contributed by atoms with Gasteiger partial charge < -0.3 is 15.2 Å². The number of aromatic nitrogens is 1. The van der Waals surface area contributed by atoms with Crippen LogP contribution in [0.3, 0.4) is 0 Å². The minimum atomic E-state index is -1.13. The van der Waals surface area contributed by atoms with Crippen LogP contribution in [0, 0.1) is 6.92 Å². The van der Waals surface area contributed by atoms with Crippen molar-refractivity contribution in [1.82, 2.24) is 10.3 Å². The van der Waals surface area contributed by atoms with Gasteiger partial charge in [-0.2, -0.15) is 0 Å². The van der Waals surface area contributed by atoms with E-state index in [0.717, 1.165) is 10.6 Å². The Morgan fingerprint density at radius 2 is 2.04 bits per heavy atom. The molecular formula is C16H18N2O4S. The summed E-state index contributed by atoms with van der Waals surface area (Å²) in [7, 11) is 1.39. The first-order valence-electron chi connectivity index (χ1n) is 7.04. The minimum Gasteiger partial charge on any atom is -0.480 e. The summed E-state index contributed by atoms with van der Waals surface area (Å²) in [5.74, 6) is -1.57. The van der Waals surface area contributed by atoms with Crippen molar-refractivity contribution in [2.75, 3.05) is 13.7 Å². The predicted octanol–water partition coefficient (Wildman–Crippen LogP) is 1.87. The number of nitrogens with zero attached hydrogens (tertiary/aromatic N) is 1. The second-order valence-electron chi connectivity index (χ2n) is 5.00. The third kappa shape index (κ3) is 4.61. The molecule has 1 unspecified atom stereocenters. The van der Waals surface area contributed by atoms with Gasteiger partial charge in [0.2, 0.25) is 0 Å². The lowest BCUT2D eigenvalue weighted by atomic mass is 10.2. The number of carbonyl (C=O) groups excluding carboxylic acids is 1. The van der Waals surface area contributed by atoms with E-state index < -0.39 is 17.9 Å². The number of methoxy groups -OCH3 is 1. The monoisotopic (exact) mass is 334 g/mol. The zero-order valence-corrected chi connectivity index (χ0v) is 13.7. The molecule has 122 valence electrons. The highest BCUT2D eigenvalue weighted by Gasteiger charge is 2.23. The lowest BCUT2D eigenvalue weighted by Gasteiger charge is -2.12. The molecule has 0 saturated heterocycles. The summed E-state index contributed by atoms with van der Waals surface area (Å²) in [5.41, 5.74) is 1.70. The maximum absolute atomic E-state index is 12.3. The number of benzene rings is 1. The van der Waals surface area contributed by atoms with Crippen LogP contribution in [0.1, 0.15) is 25.9 Å². The van der Waals surface area contributed by atoms with Crippen LogP contribution in [0.4, 0.5) is 0 Å². The Labute approximate surface area is 138 Å². The molecule has 23 heavy (non-hydrogen) atoms. The van der Waals surface area contributed by atoms with Crippen LogP contribution >= 0.6 is 11.3 Å². The smallest absolute Gasteiger partial charge is 0.328 e. The van der Waals surface area contributed by atoms with E-state index in [-0.39, 0.29) is 6.61 Å². The van der Waals surface area contributed by atoms with Crippen molar-refractivity contribution in [2.24, 2.45) is 0 Å². The molecule has 6 nitrogen and oxygen atoms in total. The van der Waals surface area contributed by atoms with E-state index in [2.05, 4.69) is 10.3 Å². The first kappa shape index (κ1) is 17.1. The van der Waals surface area contributed by atoms with Crippen molar-refractivity contribution in [3.8, 4) is 0 Å². The van der Waals surface area contributed by atoms with Crippen molar-refractivity contribution >= 4 is 23.2 Å². The van der Waals surface area contributed by atoms with E-state index in [9.17, 15) is 9.59 Å². The van der Waals surface area contributed by atoms with E-state index in [1.54, 1.807) is 6.92 Å². The van der Waals surface area contributed by atoms with Gasteiger partial charge in [-0.05, 0) is 12.5 Å². The van der Waals surface area contributed by atoms with Crippen LogP contribution in [-0.2, 0) is 16.0 Å². The molecule has 2 rings (SSSR count). The maximum Gasteiger partial charge on any atom is 0.328 e. The largest absolute Gasteiger partial charge is 0.480 e. The SMILES string of the molecule is COCC(NC(=O)c1sc(Cc2ccccc2)nc1C)C(=O)O. The predicted molar refractivity (Wildman–Crippen MR) is 86.9 cm³/mol. The number of nitrogens with one attached hydrogen (secondary N) is 1. The lowest BCUT2D eigenvalue weighted by Crippen LogP contribution is -2.43. The van der Waals surface area contributed by atoms with Crippen LogP contribution in [0.15, 0.2) is 30.3 Å². The molecule has 0 aliphatic heterocycles. The van der Waals surface area contributed by atoms with Crippen LogP contribution in [0.5, 0.6) is 0 Å². The fraction of sp³-hybridized carbons (Fsp3) is 0.312. The summed E-state index contributed by atoms with van der Waals surface area (Å²) in [6, 6.07) is 8.76. The molecule has 1 atom stereocenters. The fourth-order valence-corrected chi connectivity index (χ4v) is 3.08. The molecule has 1 amide bonds. The molecule has 0 spiro atoms. The Bertz CT molecular complexity index is 685. The number of amides is 1. The number of ether oxygens (including phenoxy) is 1. The van der Waals surface area contributed by atoms with Gasteiger partial charge in [-0.25, -0.2) is 9.78 Å². The molecular weight excluding hydrogens is 316 g/mol. The zero-order valence-electron chi connectivity index (χ0n) is 12.9. The van der Waals surface area contributed by atoms with E-state index >= 15 is 0 Å². The number of aliphatic carboxylic acids is 1. The number of aryl methyl sites for hydroxylation is 1. The van der Waals surface area contributed by atoms with Crippen LogP contribution < -0.4 is 5.32 Å². The summed E-state index contributed by atoms with van der Waals surface area (Å²) >= 11 is 1.28. The van der Waals surface area contributed by atoms with Crippen LogP contribution in [0.25, 0.3) is 0 Å². The Morgan fingerprint density at radius 3 is 2.65 bits per heavy atom. The average Bonchev–Trinajstić information content (AvgIpc) is 2.88. The molecule has 0 radical (unpaired) electrons. The van der Waals surface area contributed by atoms with Gasteiger partial charge in [-0.15, -0.1) is 11.3 Å². The molecule has 0 aliphatic carbocycles. The molecule has 0 bridgehead atoms. The van der Waals surface area contributed by atoms with Gasteiger partial charge >= 0.3 is 5.97 Å². The van der Waals surface area contributed by atoms with E-state index in [4.69, 9.17) is 9.84 Å². The van der Waals surface area contributed by atoms with Gasteiger partial charge in [0.15, 0.2) is 6.04 Å². The average molecular weight is 334 g/mol. The summed E-state index contributed by atoms with van der Waals surface area (Å²) in [4.78, 5) is 28.2. The van der Waals surface area contributed by atoms with Gasteiger partial charge in [0.25, 0.3) is 5.91 Å².